The standard InChI is InChI=1S/C27H32N4O2/c1-20-9-7-8-15-30(20)26(33)19-31-24-13-6-5-12-23(24)28-27(31)22-17-25(32)29(18-22)16-14-21-10-3-2-4-11-21/h2-6,10-13,20,22H,7-9,14-19H2,1H3. The first-order chi connectivity index (χ1) is 16.1. The van der Waals surface area contributed by atoms with Crippen molar-refractivity contribution in [3.05, 3.63) is 66.0 Å². The third-order valence-corrected chi connectivity index (χ3v) is 7.19. The topological polar surface area (TPSA) is 58.4 Å². The molecule has 0 spiro atoms. The smallest absolute Gasteiger partial charge is 0.242 e. The van der Waals surface area contributed by atoms with Crippen LogP contribution in [0.5, 0.6) is 0 Å². The molecule has 2 atom stereocenters. The molecule has 3 aromatic rings. The lowest BCUT2D eigenvalue weighted by molar-refractivity contribution is -0.135. The second-order valence-corrected chi connectivity index (χ2v) is 9.45. The first-order valence-electron chi connectivity index (χ1n) is 12.2. The van der Waals surface area contributed by atoms with Crippen molar-refractivity contribution < 1.29 is 9.59 Å². The molecule has 5 rings (SSSR count). The average Bonchev–Trinajstić information content (AvgIpc) is 3.39. The van der Waals surface area contributed by atoms with Crippen LogP contribution >= 0.6 is 0 Å². The highest BCUT2D eigenvalue weighted by atomic mass is 16.2. The van der Waals surface area contributed by atoms with Gasteiger partial charge in [-0.1, -0.05) is 42.5 Å². The average molecular weight is 445 g/mol. The molecule has 3 heterocycles. The summed E-state index contributed by atoms with van der Waals surface area (Å²) in [5, 5.41) is 0. The second kappa shape index (κ2) is 9.38. The highest BCUT2D eigenvalue weighted by molar-refractivity contribution is 5.83. The second-order valence-electron chi connectivity index (χ2n) is 9.45. The van der Waals surface area contributed by atoms with Crippen LogP contribution in [0.4, 0.5) is 0 Å². The molecule has 0 aliphatic carbocycles. The third-order valence-electron chi connectivity index (χ3n) is 7.19. The summed E-state index contributed by atoms with van der Waals surface area (Å²) < 4.78 is 2.07. The van der Waals surface area contributed by atoms with Crippen molar-refractivity contribution >= 4 is 22.8 Å². The Hall–Kier alpha value is -3.15. The molecule has 6 heteroatoms. The number of rotatable bonds is 6. The summed E-state index contributed by atoms with van der Waals surface area (Å²) in [7, 11) is 0. The molecule has 2 aliphatic heterocycles. The maximum atomic E-state index is 13.3. The van der Waals surface area contributed by atoms with Gasteiger partial charge in [0.2, 0.25) is 11.8 Å². The van der Waals surface area contributed by atoms with Gasteiger partial charge in [0.25, 0.3) is 0 Å². The molecule has 0 N–H and O–H groups in total. The maximum absolute atomic E-state index is 13.3. The van der Waals surface area contributed by atoms with Crippen molar-refractivity contribution in [2.75, 3.05) is 19.6 Å². The molecule has 2 amide bonds. The van der Waals surface area contributed by atoms with E-state index in [0.717, 1.165) is 42.7 Å². The number of amides is 2. The largest absolute Gasteiger partial charge is 0.342 e. The number of likely N-dealkylation sites (tertiary alicyclic amines) is 2. The van der Waals surface area contributed by atoms with Crippen molar-refractivity contribution in [1.82, 2.24) is 19.4 Å². The van der Waals surface area contributed by atoms with Gasteiger partial charge in [-0.2, -0.15) is 0 Å². The molecule has 2 aliphatic rings. The highest BCUT2D eigenvalue weighted by Gasteiger charge is 2.34. The van der Waals surface area contributed by atoms with Crippen molar-refractivity contribution in [2.24, 2.45) is 0 Å². The van der Waals surface area contributed by atoms with Gasteiger partial charge < -0.3 is 14.4 Å². The Morgan fingerprint density at radius 3 is 2.67 bits per heavy atom. The summed E-state index contributed by atoms with van der Waals surface area (Å²) in [6, 6.07) is 18.6. The number of imidazole rings is 1. The van der Waals surface area contributed by atoms with Gasteiger partial charge in [0, 0.05) is 38.0 Å². The van der Waals surface area contributed by atoms with E-state index in [1.54, 1.807) is 0 Å². The van der Waals surface area contributed by atoms with Crippen molar-refractivity contribution in [3.63, 3.8) is 0 Å². The molecule has 33 heavy (non-hydrogen) atoms. The van der Waals surface area contributed by atoms with Crippen LogP contribution in [0.2, 0.25) is 0 Å². The van der Waals surface area contributed by atoms with Crippen LogP contribution in [0, 0.1) is 0 Å². The third kappa shape index (κ3) is 4.52. The van der Waals surface area contributed by atoms with Gasteiger partial charge in [-0.05, 0) is 50.3 Å². The van der Waals surface area contributed by atoms with Gasteiger partial charge in [0.15, 0.2) is 0 Å². The minimum absolute atomic E-state index is 0.00672. The van der Waals surface area contributed by atoms with Crippen LogP contribution in [0.3, 0.4) is 0 Å². The van der Waals surface area contributed by atoms with Crippen LogP contribution in [-0.2, 0) is 22.6 Å². The van der Waals surface area contributed by atoms with E-state index in [1.165, 1.54) is 12.0 Å². The van der Waals surface area contributed by atoms with Gasteiger partial charge in [0.05, 0.1) is 11.0 Å². The monoisotopic (exact) mass is 444 g/mol. The molecular formula is C27H32N4O2. The molecule has 0 bridgehead atoms. The lowest BCUT2D eigenvalue weighted by Crippen LogP contribution is -2.43. The summed E-state index contributed by atoms with van der Waals surface area (Å²) >= 11 is 0. The van der Waals surface area contributed by atoms with Crippen LogP contribution in [0.25, 0.3) is 11.0 Å². The Labute approximate surface area is 195 Å². The summed E-state index contributed by atoms with van der Waals surface area (Å²) in [5.41, 5.74) is 3.10. The van der Waals surface area contributed by atoms with Crippen LogP contribution in [0.1, 0.15) is 49.9 Å². The molecular weight excluding hydrogens is 412 g/mol. The molecule has 172 valence electrons. The predicted octanol–water partition coefficient (Wildman–Crippen LogP) is 4.00. The molecule has 0 radical (unpaired) electrons. The quantitative estimate of drug-likeness (QED) is 0.578. The van der Waals surface area contributed by atoms with E-state index in [-0.39, 0.29) is 30.3 Å². The predicted molar refractivity (Wildman–Crippen MR) is 129 cm³/mol. The van der Waals surface area contributed by atoms with Gasteiger partial charge >= 0.3 is 0 Å². The fourth-order valence-corrected chi connectivity index (χ4v) is 5.34. The van der Waals surface area contributed by atoms with E-state index >= 15 is 0 Å². The molecule has 6 nitrogen and oxygen atoms in total. The number of benzene rings is 2. The Balaban J connectivity index is 1.36. The Morgan fingerprint density at radius 2 is 1.85 bits per heavy atom. The number of nitrogens with zero attached hydrogens (tertiary/aromatic N) is 4. The van der Waals surface area contributed by atoms with E-state index in [4.69, 9.17) is 4.98 Å². The van der Waals surface area contributed by atoms with E-state index in [1.807, 2.05) is 52.3 Å². The van der Waals surface area contributed by atoms with E-state index < -0.39 is 0 Å². The molecule has 2 aromatic carbocycles. The van der Waals surface area contributed by atoms with Crippen LogP contribution < -0.4 is 0 Å². The van der Waals surface area contributed by atoms with Crippen molar-refractivity contribution in [3.8, 4) is 0 Å². The molecule has 2 fully saturated rings. The van der Waals surface area contributed by atoms with Crippen molar-refractivity contribution in [2.45, 2.75) is 57.5 Å². The minimum atomic E-state index is 0.00672. The zero-order chi connectivity index (χ0) is 22.8. The first kappa shape index (κ1) is 21.7. The van der Waals surface area contributed by atoms with E-state index in [0.29, 0.717) is 19.5 Å². The molecule has 2 unspecified atom stereocenters. The Bertz CT molecular complexity index is 1140. The maximum Gasteiger partial charge on any atom is 0.242 e. The van der Waals surface area contributed by atoms with Gasteiger partial charge in [-0.3, -0.25) is 9.59 Å². The number of carbonyl (C=O) groups excluding carboxylic acids is 2. The van der Waals surface area contributed by atoms with Crippen LogP contribution in [-0.4, -0.2) is 56.8 Å². The SMILES string of the molecule is CC1CCCCN1C(=O)Cn1c(C2CC(=O)N(CCc3ccccc3)C2)nc2ccccc21. The Morgan fingerprint density at radius 1 is 1.06 bits per heavy atom. The number of aromatic nitrogens is 2. The van der Waals surface area contributed by atoms with Gasteiger partial charge in [0.1, 0.15) is 12.4 Å². The summed E-state index contributed by atoms with van der Waals surface area (Å²) in [4.78, 5) is 35.0. The Kier molecular flexibility index (Phi) is 6.16. The first-order valence-corrected chi connectivity index (χ1v) is 12.2. The lowest BCUT2D eigenvalue weighted by Gasteiger charge is -2.33. The van der Waals surface area contributed by atoms with E-state index in [9.17, 15) is 9.59 Å². The zero-order valence-electron chi connectivity index (χ0n) is 19.3. The summed E-state index contributed by atoms with van der Waals surface area (Å²) in [5.74, 6) is 1.19. The molecule has 0 saturated carbocycles. The van der Waals surface area contributed by atoms with Crippen molar-refractivity contribution in [1.29, 1.82) is 0 Å². The highest BCUT2D eigenvalue weighted by Crippen LogP contribution is 2.31. The lowest BCUT2D eigenvalue weighted by atomic mass is 10.0. The summed E-state index contributed by atoms with van der Waals surface area (Å²) in [6.07, 6.45) is 4.62. The number of fused-ring (bicyclic) bond motifs is 1. The molecule has 2 saturated heterocycles. The normalized spacial score (nSPS) is 21.2. The number of piperidine rings is 1. The zero-order valence-corrected chi connectivity index (χ0v) is 19.3. The number of carbonyl (C=O) groups is 2. The fraction of sp³-hybridized carbons (Fsp3) is 0.444. The van der Waals surface area contributed by atoms with E-state index in [2.05, 4.69) is 23.6 Å². The number of para-hydroxylation sites is 2. The molecule has 1 aromatic heterocycles. The van der Waals surface area contributed by atoms with Gasteiger partial charge in [-0.15, -0.1) is 0 Å². The number of hydrogen-bond donors (Lipinski definition) is 0. The number of hydrogen-bond acceptors (Lipinski definition) is 3. The van der Waals surface area contributed by atoms with Crippen LogP contribution in [0.15, 0.2) is 54.6 Å². The van der Waals surface area contributed by atoms with Gasteiger partial charge in [-0.25, -0.2) is 4.98 Å². The minimum Gasteiger partial charge on any atom is -0.342 e. The fourth-order valence-electron chi connectivity index (χ4n) is 5.34. The summed E-state index contributed by atoms with van der Waals surface area (Å²) in [6.45, 7) is 4.63.